The number of hydrogen-bond donors (Lipinski definition) is 1. The average molecular weight is 1030 g/mol. The van der Waals surface area contributed by atoms with Crippen LogP contribution in [0.5, 0.6) is 0 Å². The molecule has 10 rings (SSSR count). The summed E-state index contributed by atoms with van der Waals surface area (Å²) in [5.41, 5.74) is 2.77. The van der Waals surface area contributed by atoms with Gasteiger partial charge in [-0.05, 0) is 92.6 Å². The quantitative estimate of drug-likeness (QED) is 0.143. The van der Waals surface area contributed by atoms with Gasteiger partial charge in [-0.2, -0.15) is 0 Å². The lowest BCUT2D eigenvalue weighted by Gasteiger charge is -2.40. The van der Waals surface area contributed by atoms with Crippen LogP contribution in [-0.4, -0.2) is 72.5 Å². The first kappa shape index (κ1) is 47.8. The molecule has 0 fully saturated rings. The van der Waals surface area contributed by atoms with Crippen LogP contribution in [0, 0.1) is 13.8 Å². The first-order valence-electron chi connectivity index (χ1n) is 21.2. The molecule has 70 heavy (non-hydrogen) atoms. The highest BCUT2D eigenvalue weighted by atomic mass is 32.5. The number of aromatic amines is 1. The van der Waals surface area contributed by atoms with E-state index < -0.39 is 42.1 Å². The molecule has 2 aliphatic heterocycles. The second kappa shape index (κ2) is 14.9. The molecule has 26 heteroatoms. The lowest BCUT2D eigenvalue weighted by atomic mass is 10.1. The number of imidazole rings is 2. The molecule has 0 aliphatic carbocycles. The van der Waals surface area contributed by atoms with Crippen LogP contribution in [-0.2, 0) is 32.7 Å². The standard InChI is InChI=1S/C23H22F5N5O2S.C21H18F5N5O2S/c1-3-30-12-16(18-10-17(4-5-19(18)30)36(24,25,26,27)28)13-31-8-9-33-21(22(31)34)7-6-20(23(33)35)32-11-15(2)29-14-32;1-13-10-30(12-28-13)18-4-5-19-20(32)29(6-7-31(19)21(18)33)11-14-9-27-17-3-2-15(8-16(14)17)34(22,23,24,25)26/h4-7,10-12,14H,3,8-9,13H2,1-2H3;2-5,8-10,12,27H,6-7,11H2,1H3. The molecule has 0 radical (unpaired) electrons. The molecule has 372 valence electrons. The first-order valence-corrected chi connectivity index (χ1v) is 25.1. The van der Waals surface area contributed by atoms with Crippen LogP contribution in [0.25, 0.3) is 33.2 Å². The second-order valence-electron chi connectivity index (χ2n) is 17.0. The molecule has 2 amide bonds. The van der Waals surface area contributed by atoms with Gasteiger partial charge in [-0.3, -0.25) is 19.2 Å². The predicted molar refractivity (Wildman–Crippen MR) is 243 cm³/mol. The number of nitrogens with one attached hydrogen (secondary N) is 1. The van der Waals surface area contributed by atoms with Gasteiger partial charge in [-0.15, -0.1) is 0 Å². The Morgan fingerprint density at radius 3 is 1.50 bits per heavy atom. The summed E-state index contributed by atoms with van der Waals surface area (Å²) in [4.78, 5) is 62.0. The van der Waals surface area contributed by atoms with Gasteiger partial charge in [0.05, 0.1) is 24.0 Å². The third-order valence-electron chi connectivity index (χ3n) is 12.1. The van der Waals surface area contributed by atoms with Crippen molar-refractivity contribution in [2.45, 2.75) is 63.3 Å². The zero-order valence-electron chi connectivity index (χ0n) is 36.9. The molecular weight excluding hydrogens is 987 g/mol. The minimum absolute atomic E-state index is 0.00388. The van der Waals surface area contributed by atoms with E-state index in [1.165, 1.54) is 62.1 Å². The Hall–Kier alpha value is -7.22. The molecule has 0 atom stereocenters. The van der Waals surface area contributed by atoms with Crippen LogP contribution in [0.1, 0.15) is 50.4 Å². The minimum Gasteiger partial charge on any atom is -0.361 e. The van der Waals surface area contributed by atoms with Crippen LogP contribution >= 0.6 is 20.4 Å². The van der Waals surface area contributed by atoms with Gasteiger partial charge in [0.25, 0.3) is 22.9 Å². The van der Waals surface area contributed by atoms with Crippen molar-refractivity contribution in [3.63, 3.8) is 0 Å². The molecule has 0 unspecified atom stereocenters. The zero-order chi connectivity index (χ0) is 50.6. The van der Waals surface area contributed by atoms with Crippen molar-refractivity contribution in [1.29, 1.82) is 0 Å². The van der Waals surface area contributed by atoms with Gasteiger partial charge in [-0.25, -0.2) is 9.97 Å². The Balaban J connectivity index is 0.000000174. The molecule has 8 heterocycles. The van der Waals surface area contributed by atoms with Gasteiger partial charge < -0.3 is 37.6 Å². The maximum atomic E-state index is 13.5. The van der Waals surface area contributed by atoms with Gasteiger partial charge in [0.15, 0.2) is 0 Å². The molecule has 0 saturated heterocycles. The lowest BCUT2D eigenvalue weighted by molar-refractivity contribution is 0.0680. The van der Waals surface area contributed by atoms with Gasteiger partial charge >= 0.3 is 20.4 Å². The number of pyridine rings is 2. The van der Waals surface area contributed by atoms with Crippen molar-refractivity contribution in [3.05, 3.63) is 153 Å². The fourth-order valence-corrected chi connectivity index (χ4v) is 9.97. The summed E-state index contributed by atoms with van der Waals surface area (Å²) >= 11 is 0. The number of fused-ring (bicyclic) bond motifs is 4. The van der Waals surface area contributed by atoms with Crippen LogP contribution < -0.4 is 11.1 Å². The van der Waals surface area contributed by atoms with E-state index in [1.807, 2.05) is 0 Å². The normalized spacial score (nSPS) is 16.3. The van der Waals surface area contributed by atoms with Crippen LogP contribution in [0.2, 0.25) is 0 Å². The maximum Gasteiger partial charge on any atom is 0.310 e. The van der Waals surface area contributed by atoms with Crippen LogP contribution in [0.3, 0.4) is 0 Å². The maximum absolute atomic E-state index is 13.5. The molecule has 6 aromatic heterocycles. The van der Waals surface area contributed by atoms with E-state index in [0.717, 1.165) is 23.5 Å². The minimum atomic E-state index is -9.88. The second-order valence-corrected chi connectivity index (χ2v) is 21.8. The highest BCUT2D eigenvalue weighted by Crippen LogP contribution is 3.02. The molecule has 14 nitrogen and oxygen atoms in total. The number of benzene rings is 2. The molecule has 0 saturated carbocycles. The molecule has 0 spiro atoms. The zero-order valence-corrected chi connectivity index (χ0v) is 38.6. The fraction of sp³-hybridized carbons (Fsp3) is 0.227. The van der Waals surface area contributed by atoms with Crippen molar-refractivity contribution in [2.24, 2.45) is 0 Å². The van der Waals surface area contributed by atoms with Crippen molar-refractivity contribution in [3.8, 4) is 11.4 Å². The Bertz CT molecular complexity index is 3620. The topological polar surface area (TPSA) is 141 Å². The Kier molecular flexibility index (Phi) is 10.2. The van der Waals surface area contributed by atoms with Crippen molar-refractivity contribution >= 4 is 54.1 Å². The van der Waals surface area contributed by atoms with Crippen molar-refractivity contribution in [1.82, 2.24) is 47.6 Å². The number of aryl methyl sites for hydroxylation is 3. The van der Waals surface area contributed by atoms with Gasteiger partial charge in [0.2, 0.25) is 0 Å². The predicted octanol–water partition coefficient (Wildman–Crippen LogP) is 10.8. The van der Waals surface area contributed by atoms with E-state index in [9.17, 15) is 58.0 Å². The van der Waals surface area contributed by atoms with Gasteiger partial charge in [-0.1, -0.05) is 38.9 Å². The summed E-state index contributed by atoms with van der Waals surface area (Å²) in [5, 5.41) is -0.0449. The van der Waals surface area contributed by atoms with Gasteiger partial charge in [0, 0.05) is 92.4 Å². The van der Waals surface area contributed by atoms with E-state index in [4.69, 9.17) is 0 Å². The van der Waals surface area contributed by atoms with Crippen molar-refractivity contribution in [2.75, 3.05) is 13.1 Å². The third-order valence-corrected chi connectivity index (χ3v) is 14.4. The Morgan fingerprint density at radius 2 is 1.04 bits per heavy atom. The van der Waals surface area contributed by atoms with E-state index >= 15 is 0 Å². The third kappa shape index (κ3) is 8.95. The number of aromatic nitrogens is 8. The Labute approximate surface area is 389 Å². The summed E-state index contributed by atoms with van der Waals surface area (Å²) in [6.07, 6.45) is 9.32. The summed E-state index contributed by atoms with van der Waals surface area (Å²) < 4.78 is 141. The largest absolute Gasteiger partial charge is 0.361 e. The number of nitrogens with zero attached hydrogens (tertiary/aromatic N) is 9. The first-order chi connectivity index (χ1) is 32.4. The van der Waals surface area contributed by atoms with Gasteiger partial charge in [0.1, 0.15) is 32.6 Å². The fourth-order valence-electron chi connectivity index (χ4n) is 8.64. The average Bonchev–Trinajstić information content (AvgIpc) is 4.08. The molecule has 1 N–H and O–H groups in total. The van der Waals surface area contributed by atoms with E-state index in [2.05, 4.69) is 15.0 Å². The number of carbonyl (C=O) groups excluding carboxylic acids is 2. The monoisotopic (exact) mass is 1030 g/mol. The smallest absolute Gasteiger partial charge is 0.310 e. The number of rotatable bonds is 9. The van der Waals surface area contributed by atoms with Crippen molar-refractivity contribution < 1.29 is 48.4 Å². The number of hydrogen-bond acceptors (Lipinski definition) is 6. The highest BCUT2D eigenvalue weighted by molar-refractivity contribution is 8.46. The summed E-state index contributed by atoms with van der Waals surface area (Å²) in [6.45, 7) is 6.10. The van der Waals surface area contributed by atoms with Crippen LogP contribution in [0.15, 0.2) is 117 Å². The number of halogens is 10. The molecular formula is C44H40F10N10O4S2. The lowest BCUT2D eigenvalue weighted by Crippen LogP contribution is -2.44. The summed E-state index contributed by atoms with van der Waals surface area (Å²) in [5.74, 6) is -0.970. The molecule has 0 bridgehead atoms. The Morgan fingerprint density at radius 1 is 0.571 bits per heavy atom. The summed E-state index contributed by atoms with van der Waals surface area (Å²) in [7, 11) is -19.7. The molecule has 2 aliphatic rings. The molecule has 8 aromatic rings. The summed E-state index contributed by atoms with van der Waals surface area (Å²) in [6, 6.07) is 9.62. The van der Waals surface area contributed by atoms with E-state index in [0.29, 0.717) is 53.3 Å². The number of amides is 2. The van der Waals surface area contributed by atoms with E-state index in [-0.39, 0.29) is 83.6 Å². The SMILES string of the molecule is CCn1cc(CN2CCn3c(ccc(-n4cnc(C)c4)c3=O)C2=O)c2cc(S(F)(F)(F)(F)F)ccc21.Cc1cn(-c2ccc3n(c2=O)CCN(Cc2c[nH]c4ccc(S(F)(F)(F)(F)F)cc24)C3=O)cn1. The van der Waals surface area contributed by atoms with Crippen LogP contribution in [0.4, 0.5) is 38.9 Å². The number of carbonyl (C=O) groups is 2. The molecule has 2 aromatic carbocycles. The van der Waals surface area contributed by atoms with E-state index in [1.54, 1.807) is 53.1 Å². The number of H-pyrrole nitrogens is 1. The highest BCUT2D eigenvalue weighted by Gasteiger charge is 2.66.